The highest BCUT2D eigenvalue weighted by Gasteiger charge is 2.41. The van der Waals surface area contributed by atoms with Crippen LogP contribution in [0.15, 0.2) is 102 Å². The van der Waals surface area contributed by atoms with Gasteiger partial charge in [-0.2, -0.15) is 4.31 Å². The van der Waals surface area contributed by atoms with Crippen LogP contribution in [-0.2, 0) is 10.0 Å². The van der Waals surface area contributed by atoms with Gasteiger partial charge in [0.25, 0.3) is 5.70 Å². The summed E-state index contributed by atoms with van der Waals surface area (Å²) in [6, 6.07) is 25.0. The fraction of sp³-hybridized carbons (Fsp3) is 0.154. The summed E-state index contributed by atoms with van der Waals surface area (Å²) < 4.78 is 28.1. The summed E-state index contributed by atoms with van der Waals surface area (Å²) >= 11 is 0. The van der Waals surface area contributed by atoms with Crippen LogP contribution in [0.5, 0.6) is 0 Å². The molecular formula is C26H24N2O4S. The van der Waals surface area contributed by atoms with E-state index >= 15 is 0 Å². The van der Waals surface area contributed by atoms with Crippen LogP contribution in [0.3, 0.4) is 0 Å². The highest BCUT2D eigenvalue weighted by Crippen LogP contribution is 2.41. The van der Waals surface area contributed by atoms with Crippen molar-refractivity contribution in [3.8, 4) is 0 Å². The smallest absolute Gasteiger partial charge is 0.259 e. The van der Waals surface area contributed by atoms with Gasteiger partial charge in [0.05, 0.1) is 9.82 Å². The van der Waals surface area contributed by atoms with E-state index in [9.17, 15) is 18.5 Å². The summed E-state index contributed by atoms with van der Waals surface area (Å²) in [5.41, 5.74) is 3.44. The molecule has 0 spiro atoms. The zero-order valence-corrected chi connectivity index (χ0v) is 19.0. The summed E-state index contributed by atoms with van der Waals surface area (Å²) in [5, 5.41) is 12.2. The molecule has 0 radical (unpaired) electrons. The van der Waals surface area contributed by atoms with Crippen LogP contribution in [0.1, 0.15) is 16.7 Å². The molecule has 0 aliphatic carbocycles. The predicted molar refractivity (Wildman–Crippen MR) is 129 cm³/mol. The molecule has 168 valence electrons. The molecule has 1 aliphatic heterocycles. The van der Waals surface area contributed by atoms with Crippen molar-refractivity contribution < 1.29 is 13.3 Å². The zero-order valence-electron chi connectivity index (χ0n) is 18.2. The molecule has 0 saturated carbocycles. The first kappa shape index (κ1) is 22.6. The lowest BCUT2D eigenvalue weighted by atomic mass is 9.81. The van der Waals surface area contributed by atoms with Gasteiger partial charge in [-0.15, -0.1) is 0 Å². The molecule has 0 amide bonds. The standard InChI is InChI=1S/C26H24N2O4S/c1-19-13-15-23(16-14-19)33(31,32)27-17-24(20(2)21-9-5-3-6-10-21)26(25(18-27)28(29)30)22-11-7-4-8-12-22/h3-16,24H,2,17-18H2,1H3/t24-/m0/s1. The van der Waals surface area contributed by atoms with Gasteiger partial charge in [-0.25, -0.2) is 8.42 Å². The van der Waals surface area contributed by atoms with E-state index in [0.29, 0.717) is 16.7 Å². The average Bonchev–Trinajstić information content (AvgIpc) is 2.84. The van der Waals surface area contributed by atoms with Crippen molar-refractivity contribution in [2.45, 2.75) is 11.8 Å². The molecule has 33 heavy (non-hydrogen) atoms. The summed E-state index contributed by atoms with van der Waals surface area (Å²) in [4.78, 5) is 11.8. The normalized spacial score (nSPS) is 17.1. The second-order valence-corrected chi connectivity index (χ2v) is 9.98. The number of sulfonamides is 1. The molecule has 3 aromatic rings. The maximum atomic E-state index is 13.5. The van der Waals surface area contributed by atoms with Gasteiger partial charge in [0.1, 0.15) is 6.54 Å². The summed E-state index contributed by atoms with van der Waals surface area (Å²) in [6.45, 7) is 5.86. The lowest BCUT2D eigenvalue weighted by Crippen LogP contribution is -2.42. The molecule has 1 atom stereocenters. The average molecular weight is 461 g/mol. The van der Waals surface area contributed by atoms with Crippen LogP contribution >= 0.6 is 0 Å². The molecular weight excluding hydrogens is 436 g/mol. The second-order valence-electron chi connectivity index (χ2n) is 8.04. The van der Waals surface area contributed by atoms with Crippen molar-refractivity contribution in [3.05, 3.63) is 124 Å². The number of hydrogen-bond acceptors (Lipinski definition) is 4. The van der Waals surface area contributed by atoms with E-state index in [1.165, 1.54) is 16.4 Å². The third-order valence-corrected chi connectivity index (χ3v) is 7.73. The van der Waals surface area contributed by atoms with Crippen LogP contribution in [0, 0.1) is 23.0 Å². The van der Waals surface area contributed by atoms with Gasteiger partial charge < -0.3 is 0 Å². The number of nitro groups is 1. The van der Waals surface area contributed by atoms with Gasteiger partial charge in [0, 0.05) is 18.0 Å². The minimum atomic E-state index is -3.95. The molecule has 0 fully saturated rings. The topological polar surface area (TPSA) is 80.5 Å². The van der Waals surface area contributed by atoms with Gasteiger partial charge in [0.2, 0.25) is 10.0 Å². The lowest BCUT2D eigenvalue weighted by Gasteiger charge is -2.34. The maximum Gasteiger partial charge on any atom is 0.265 e. The van der Waals surface area contributed by atoms with Gasteiger partial charge in [0.15, 0.2) is 0 Å². The number of rotatable bonds is 6. The van der Waals surface area contributed by atoms with Crippen LogP contribution < -0.4 is 0 Å². The molecule has 1 aliphatic rings. The molecule has 1 heterocycles. The number of benzene rings is 3. The van der Waals surface area contributed by atoms with Crippen LogP contribution in [0.4, 0.5) is 0 Å². The summed E-state index contributed by atoms with van der Waals surface area (Å²) in [6.07, 6.45) is 0. The van der Waals surface area contributed by atoms with E-state index in [1.807, 2.05) is 67.6 Å². The van der Waals surface area contributed by atoms with Gasteiger partial charge in [-0.05, 0) is 35.8 Å². The van der Waals surface area contributed by atoms with Crippen molar-refractivity contribution in [2.75, 3.05) is 13.1 Å². The van der Waals surface area contributed by atoms with Crippen LogP contribution in [-0.4, -0.2) is 30.7 Å². The fourth-order valence-electron chi connectivity index (χ4n) is 4.13. The third kappa shape index (κ3) is 4.51. The Hall–Kier alpha value is -3.55. The molecule has 7 heteroatoms. The van der Waals surface area contributed by atoms with Crippen LogP contribution in [0.25, 0.3) is 11.1 Å². The maximum absolute atomic E-state index is 13.5. The highest BCUT2D eigenvalue weighted by atomic mass is 32.2. The van der Waals surface area contributed by atoms with Crippen molar-refractivity contribution in [3.63, 3.8) is 0 Å². The molecule has 4 rings (SSSR count). The second kappa shape index (κ2) is 9.13. The summed E-state index contributed by atoms with van der Waals surface area (Å²) in [7, 11) is -3.95. The molecule has 0 saturated heterocycles. The zero-order chi connectivity index (χ0) is 23.6. The fourth-order valence-corrected chi connectivity index (χ4v) is 5.55. The van der Waals surface area contributed by atoms with Gasteiger partial charge in [-0.3, -0.25) is 10.1 Å². The molecule has 0 unspecified atom stereocenters. The van der Waals surface area contributed by atoms with Crippen LogP contribution in [0.2, 0.25) is 0 Å². The minimum absolute atomic E-state index is 0.0610. The quantitative estimate of drug-likeness (QED) is 0.382. The number of hydrogen-bond donors (Lipinski definition) is 0. The summed E-state index contributed by atoms with van der Waals surface area (Å²) in [5.74, 6) is -0.579. The largest absolute Gasteiger partial charge is 0.265 e. The minimum Gasteiger partial charge on any atom is -0.259 e. The van der Waals surface area contributed by atoms with Crippen molar-refractivity contribution in [1.82, 2.24) is 4.31 Å². The van der Waals surface area contributed by atoms with Crippen molar-refractivity contribution >= 4 is 21.2 Å². The molecule has 0 aromatic heterocycles. The van der Waals surface area contributed by atoms with Gasteiger partial charge in [-0.1, -0.05) is 84.9 Å². The molecule has 0 bridgehead atoms. The van der Waals surface area contributed by atoms with E-state index in [1.54, 1.807) is 12.1 Å². The van der Waals surface area contributed by atoms with Crippen molar-refractivity contribution in [1.29, 1.82) is 0 Å². The Morgan fingerprint density at radius 2 is 1.55 bits per heavy atom. The Labute approximate surface area is 193 Å². The van der Waals surface area contributed by atoms with E-state index in [4.69, 9.17) is 0 Å². The molecule has 3 aromatic carbocycles. The number of nitrogens with zero attached hydrogens (tertiary/aromatic N) is 2. The van der Waals surface area contributed by atoms with E-state index in [-0.39, 0.29) is 23.7 Å². The molecule has 0 N–H and O–H groups in total. The third-order valence-electron chi connectivity index (χ3n) is 5.90. The first-order chi connectivity index (χ1) is 15.8. The Balaban J connectivity index is 1.87. The number of aryl methyl sites for hydroxylation is 1. The monoisotopic (exact) mass is 460 g/mol. The Morgan fingerprint density at radius 3 is 2.12 bits per heavy atom. The van der Waals surface area contributed by atoms with Gasteiger partial charge >= 0.3 is 0 Å². The highest BCUT2D eigenvalue weighted by molar-refractivity contribution is 7.89. The Kier molecular flexibility index (Phi) is 6.26. The lowest BCUT2D eigenvalue weighted by molar-refractivity contribution is -0.427. The Bertz CT molecular complexity index is 1320. The SMILES string of the molecule is C=C(c1ccccc1)[C@@H]1CN(S(=O)(=O)c2ccc(C)cc2)CC([N+](=O)[O-])=C1c1ccccc1. The van der Waals surface area contributed by atoms with E-state index in [0.717, 1.165) is 11.1 Å². The van der Waals surface area contributed by atoms with E-state index < -0.39 is 20.9 Å². The predicted octanol–water partition coefficient (Wildman–Crippen LogP) is 5.02. The first-order valence-electron chi connectivity index (χ1n) is 10.5. The van der Waals surface area contributed by atoms with E-state index in [2.05, 4.69) is 6.58 Å². The van der Waals surface area contributed by atoms with Crippen molar-refractivity contribution in [2.24, 2.45) is 5.92 Å². The molecule has 6 nitrogen and oxygen atoms in total. The first-order valence-corrected chi connectivity index (χ1v) is 12.0. The Morgan fingerprint density at radius 1 is 0.970 bits per heavy atom.